The van der Waals surface area contributed by atoms with Crippen molar-refractivity contribution in [3.63, 3.8) is 0 Å². The average Bonchev–Trinajstić information content (AvgIpc) is 2.72. The highest BCUT2D eigenvalue weighted by atomic mass is 35.5. The molecule has 1 aliphatic heterocycles. The number of nitrogens with one attached hydrogen (secondary N) is 1. The maximum atomic E-state index is 13.1. The van der Waals surface area contributed by atoms with Crippen LogP contribution in [0.2, 0.25) is 10.0 Å². The summed E-state index contributed by atoms with van der Waals surface area (Å²) in [5.74, 6) is 0.0841. The second-order valence-corrected chi connectivity index (χ2v) is 8.02. The zero-order chi connectivity index (χ0) is 21.0. The van der Waals surface area contributed by atoms with E-state index in [1.807, 2.05) is 18.7 Å². The second-order valence-electron chi connectivity index (χ2n) is 7.18. The minimum absolute atomic E-state index is 0.0759. The summed E-state index contributed by atoms with van der Waals surface area (Å²) in [6.07, 6.45) is 3.40. The number of carbonyl (C=O) groups excluding carboxylic acids is 2. The van der Waals surface area contributed by atoms with Crippen LogP contribution in [0.15, 0.2) is 36.7 Å². The predicted octanol–water partition coefficient (Wildman–Crippen LogP) is 2.89. The standard InChI is InChI=1S/C20H23Cl2N5O2/c1-13(2)17(25-18(28)15-5-4-14(21)12-16(15)22)19(29)26-8-10-27(11-9-26)20-23-6-3-7-24-20/h3-7,12-13,17H,8-11H2,1-2H3,(H,25,28). The Bertz CT molecular complexity index is 870. The molecule has 7 nitrogen and oxygen atoms in total. The third-order valence-corrected chi connectivity index (χ3v) is 5.37. The van der Waals surface area contributed by atoms with Crippen LogP contribution in [-0.4, -0.2) is 58.9 Å². The molecule has 0 aliphatic carbocycles. The molecule has 0 bridgehead atoms. The van der Waals surface area contributed by atoms with E-state index in [1.165, 1.54) is 6.07 Å². The van der Waals surface area contributed by atoms with Crippen molar-refractivity contribution in [3.8, 4) is 0 Å². The van der Waals surface area contributed by atoms with Crippen molar-refractivity contribution in [2.24, 2.45) is 5.92 Å². The molecule has 1 atom stereocenters. The molecule has 1 aromatic carbocycles. The van der Waals surface area contributed by atoms with Crippen LogP contribution in [0.25, 0.3) is 0 Å². The van der Waals surface area contributed by atoms with Gasteiger partial charge in [-0.1, -0.05) is 37.0 Å². The Kier molecular flexibility index (Phi) is 6.92. The van der Waals surface area contributed by atoms with E-state index >= 15 is 0 Å². The van der Waals surface area contributed by atoms with Crippen LogP contribution in [0, 0.1) is 5.92 Å². The number of benzene rings is 1. The first kappa shape index (κ1) is 21.3. The first-order chi connectivity index (χ1) is 13.9. The van der Waals surface area contributed by atoms with Crippen molar-refractivity contribution < 1.29 is 9.59 Å². The minimum Gasteiger partial charge on any atom is -0.340 e. The predicted molar refractivity (Wildman–Crippen MR) is 113 cm³/mol. The van der Waals surface area contributed by atoms with Gasteiger partial charge in [0.1, 0.15) is 6.04 Å². The van der Waals surface area contributed by atoms with E-state index in [9.17, 15) is 9.59 Å². The first-order valence-electron chi connectivity index (χ1n) is 9.43. The first-order valence-corrected chi connectivity index (χ1v) is 10.2. The monoisotopic (exact) mass is 435 g/mol. The Balaban J connectivity index is 1.65. The lowest BCUT2D eigenvalue weighted by Gasteiger charge is -2.37. The molecule has 0 radical (unpaired) electrons. The number of aromatic nitrogens is 2. The number of hydrogen-bond donors (Lipinski definition) is 1. The Morgan fingerprint density at radius 2 is 1.72 bits per heavy atom. The van der Waals surface area contributed by atoms with Gasteiger partial charge in [-0.15, -0.1) is 0 Å². The third kappa shape index (κ3) is 5.16. The van der Waals surface area contributed by atoms with Gasteiger partial charge in [-0.3, -0.25) is 9.59 Å². The normalized spacial score (nSPS) is 15.3. The quantitative estimate of drug-likeness (QED) is 0.780. The van der Waals surface area contributed by atoms with E-state index in [2.05, 4.69) is 15.3 Å². The fraction of sp³-hybridized carbons (Fsp3) is 0.400. The van der Waals surface area contributed by atoms with Crippen molar-refractivity contribution in [1.29, 1.82) is 0 Å². The topological polar surface area (TPSA) is 78.4 Å². The van der Waals surface area contributed by atoms with Crippen molar-refractivity contribution in [2.45, 2.75) is 19.9 Å². The van der Waals surface area contributed by atoms with Crippen LogP contribution < -0.4 is 10.2 Å². The highest BCUT2D eigenvalue weighted by molar-refractivity contribution is 6.36. The fourth-order valence-corrected chi connectivity index (χ4v) is 3.68. The number of halogens is 2. The molecule has 2 amide bonds. The molecule has 1 saturated heterocycles. The van der Waals surface area contributed by atoms with Crippen LogP contribution >= 0.6 is 23.2 Å². The van der Waals surface area contributed by atoms with Gasteiger partial charge in [0.15, 0.2) is 0 Å². The molecule has 1 aromatic heterocycles. The lowest BCUT2D eigenvalue weighted by atomic mass is 10.0. The summed E-state index contributed by atoms with van der Waals surface area (Å²) >= 11 is 12.0. The van der Waals surface area contributed by atoms with Crippen molar-refractivity contribution >= 4 is 41.0 Å². The van der Waals surface area contributed by atoms with Crippen LogP contribution in [0.5, 0.6) is 0 Å². The molecular formula is C20H23Cl2N5O2. The number of nitrogens with zero attached hydrogens (tertiary/aromatic N) is 4. The summed E-state index contributed by atoms with van der Waals surface area (Å²) in [5, 5.41) is 3.54. The SMILES string of the molecule is CC(C)C(NC(=O)c1ccc(Cl)cc1Cl)C(=O)N1CCN(c2ncccn2)CC1. The Morgan fingerprint density at radius 1 is 1.07 bits per heavy atom. The summed E-state index contributed by atoms with van der Waals surface area (Å²) in [7, 11) is 0. The van der Waals surface area contributed by atoms with Crippen LogP contribution in [0.4, 0.5) is 5.95 Å². The number of hydrogen-bond acceptors (Lipinski definition) is 5. The molecule has 0 spiro atoms. The average molecular weight is 436 g/mol. The summed E-state index contributed by atoms with van der Waals surface area (Å²) in [6, 6.07) is 5.79. The van der Waals surface area contributed by atoms with E-state index in [1.54, 1.807) is 35.5 Å². The van der Waals surface area contributed by atoms with Crippen molar-refractivity contribution in [3.05, 3.63) is 52.3 Å². The molecule has 154 valence electrons. The van der Waals surface area contributed by atoms with E-state index in [0.717, 1.165) is 0 Å². The lowest BCUT2D eigenvalue weighted by Crippen LogP contribution is -2.56. The number of anilines is 1. The van der Waals surface area contributed by atoms with Crippen molar-refractivity contribution in [1.82, 2.24) is 20.2 Å². The molecule has 2 aromatic rings. The highest BCUT2D eigenvalue weighted by Gasteiger charge is 2.31. The van der Waals surface area contributed by atoms with Gasteiger partial charge in [-0.25, -0.2) is 9.97 Å². The van der Waals surface area contributed by atoms with Gasteiger partial charge in [0, 0.05) is 43.6 Å². The summed E-state index contributed by atoms with van der Waals surface area (Å²) in [5.41, 5.74) is 0.292. The van der Waals surface area contributed by atoms with Gasteiger partial charge < -0.3 is 15.1 Å². The number of carbonyl (C=O) groups is 2. The summed E-state index contributed by atoms with van der Waals surface area (Å²) in [4.78, 5) is 38.1. The zero-order valence-corrected chi connectivity index (χ0v) is 17.8. The maximum Gasteiger partial charge on any atom is 0.253 e. The lowest BCUT2D eigenvalue weighted by molar-refractivity contribution is -0.134. The fourth-order valence-electron chi connectivity index (χ4n) is 3.18. The molecular weight excluding hydrogens is 413 g/mol. The van der Waals surface area contributed by atoms with Gasteiger partial charge in [0.05, 0.1) is 10.6 Å². The molecule has 3 rings (SSSR count). The van der Waals surface area contributed by atoms with Crippen LogP contribution in [0.3, 0.4) is 0 Å². The molecule has 1 fully saturated rings. The van der Waals surface area contributed by atoms with Gasteiger partial charge in [0.25, 0.3) is 5.91 Å². The summed E-state index contributed by atoms with van der Waals surface area (Å²) < 4.78 is 0. The molecule has 1 unspecified atom stereocenters. The molecule has 2 heterocycles. The summed E-state index contributed by atoms with van der Waals surface area (Å²) in [6.45, 7) is 6.16. The number of rotatable bonds is 5. The molecule has 1 aliphatic rings. The molecule has 1 N–H and O–H groups in total. The third-order valence-electron chi connectivity index (χ3n) is 4.82. The number of amides is 2. The largest absolute Gasteiger partial charge is 0.340 e. The number of piperazine rings is 1. The van der Waals surface area contributed by atoms with Crippen molar-refractivity contribution in [2.75, 3.05) is 31.1 Å². The van der Waals surface area contributed by atoms with Gasteiger partial charge in [-0.2, -0.15) is 0 Å². The van der Waals surface area contributed by atoms with E-state index in [-0.39, 0.29) is 16.8 Å². The van der Waals surface area contributed by atoms with Gasteiger partial charge >= 0.3 is 0 Å². The van der Waals surface area contributed by atoms with E-state index in [4.69, 9.17) is 23.2 Å². The van der Waals surface area contributed by atoms with Gasteiger partial charge in [0.2, 0.25) is 11.9 Å². The van der Waals surface area contributed by atoms with E-state index < -0.39 is 11.9 Å². The van der Waals surface area contributed by atoms with Crippen LogP contribution in [-0.2, 0) is 4.79 Å². The van der Waals surface area contributed by atoms with E-state index in [0.29, 0.717) is 42.7 Å². The maximum absolute atomic E-state index is 13.1. The molecule has 29 heavy (non-hydrogen) atoms. The zero-order valence-electron chi connectivity index (χ0n) is 16.3. The highest BCUT2D eigenvalue weighted by Crippen LogP contribution is 2.21. The second kappa shape index (κ2) is 9.41. The van der Waals surface area contributed by atoms with Crippen LogP contribution in [0.1, 0.15) is 24.2 Å². The Morgan fingerprint density at radius 3 is 2.31 bits per heavy atom. The van der Waals surface area contributed by atoms with Gasteiger partial charge in [-0.05, 0) is 30.2 Å². The minimum atomic E-state index is -0.645. The molecule has 9 heteroatoms. The Labute approximate surface area is 180 Å². The molecule has 0 saturated carbocycles. The Hall–Kier alpha value is -2.38. The smallest absolute Gasteiger partial charge is 0.253 e.